The van der Waals surface area contributed by atoms with Gasteiger partial charge in [-0.05, 0) is 0 Å². The Labute approximate surface area is 291 Å². The molecule has 0 amide bonds. The van der Waals surface area contributed by atoms with Crippen LogP contribution >= 0.6 is 133 Å². The van der Waals surface area contributed by atoms with Crippen molar-refractivity contribution in [2.24, 2.45) is 21.5 Å². The second kappa shape index (κ2) is 83.8. The van der Waals surface area contributed by atoms with Crippen LogP contribution in [0.25, 0.3) is 0 Å². The topological polar surface area (TPSA) is 258 Å². The number of thioether (sulfide) groups is 2. The fourth-order valence-electron chi connectivity index (χ4n) is 0.320. The Morgan fingerprint density at radius 2 is 1.15 bits per heavy atom. The monoisotopic (exact) mass is 815 g/mol. The third-order valence-corrected chi connectivity index (χ3v) is 4.59. The number of hydrogen-bond acceptors (Lipinski definition) is 18. The Morgan fingerprint density at radius 3 is 1.24 bits per heavy atom. The van der Waals surface area contributed by atoms with Gasteiger partial charge in [0, 0.05) is 40.0 Å². The van der Waals surface area contributed by atoms with E-state index in [1.165, 1.54) is 11.0 Å². The van der Waals surface area contributed by atoms with Gasteiger partial charge in [-0.3, -0.25) is 34.0 Å². The number of hydrogen-bond donors (Lipinski definition) is 10. The van der Waals surface area contributed by atoms with Crippen molar-refractivity contribution >= 4 is 174 Å². The molecule has 0 radical (unpaired) electrons. The van der Waals surface area contributed by atoms with Crippen LogP contribution in [0.3, 0.4) is 0 Å². The molecule has 0 aromatic carbocycles. The van der Waals surface area contributed by atoms with Crippen molar-refractivity contribution < 1.29 is 39.3 Å². The first-order valence-electron chi connectivity index (χ1n) is 9.42. The number of aliphatic imine (C=N–C) groups is 2. The van der Waals surface area contributed by atoms with Gasteiger partial charge < -0.3 is 32.9 Å². The lowest BCUT2D eigenvalue weighted by Crippen LogP contribution is -2.10. The predicted molar refractivity (Wildman–Crippen MR) is 217 cm³/mol. The molecule has 1 aliphatic rings. The zero-order valence-corrected chi connectivity index (χ0v) is 33.8. The molecule has 25 heteroatoms. The van der Waals surface area contributed by atoms with Gasteiger partial charge in [0.05, 0.1) is 17.5 Å². The van der Waals surface area contributed by atoms with E-state index in [2.05, 4.69) is 84.7 Å². The minimum absolute atomic E-state index is 0. The van der Waals surface area contributed by atoms with Crippen LogP contribution in [0, 0.1) is 0 Å². The minimum Gasteiger partial charge on any atom is -0.481 e. The summed E-state index contributed by atoms with van der Waals surface area (Å²) in [6.45, 7) is 0.670. The van der Waals surface area contributed by atoms with E-state index in [1.807, 2.05) is 40.1 Å². The van der Waals surface area contributed by atoms with Crippen LogP contribution in [0.15, 0.2) is 9.98 Å². The average Bonchev–Trinajstić information content (AvgIpc) is 3.76. The molecular formula is C16H45N5O8P4S8. The van der Waals surface area contributed by atoms with E-state index in [9.17, 15) is 9.59 Å². The summed E-state index contributed by atoms with van der Waals surface area (Å²) in [5.41, 5.74) is 9.62. The highest BCUT2D eigenvalue weighted by molar-refractivity contribution is 8.92. The van der Waals surface area contributed by atoms with Crippen LogP contribution in [-0.2, 0) is 24.0 Å². The van der Waals surface area contributed by atoms with Crippen LogP contribution in [0.5, 0.6) is 0 Å². The van der Waals surface area contributed by atoms with E-state index in [4.69, 9.17) is 35.4 Å². The number of carboxylic acid groups (broad SMARTS) is 3. The highest BCUT2D eigenvalue weighted by atomic mass is 33.2. The Kier molecular flexibility index (Phi) is 133. The van der Waals surface area contributed by atoms with Crippen LogP contribution in [-0.4, -0.2) is 102 Å². The fourth-order valence-corrected chi connectivity index (χ4v) is 1.62. The Bertz CT molecular complexity index is 555. The van der Waals surface area contributed by atoms with Gasteiger partial charge in [-0.25, -0.2) is 0 Å². The number of nitrogens with two attached hydrogens (primary N) is 2. The molecule has 250 valence electrons. The number of nitrogens with zero attached hydrogens (tertiary/aromatic N) is 2. The van der Waals surface area contributed by atoms with Gasteiger partial charge in [-0.15, -0.1) is 23.5 Å². The van der Waals surface area contributed by atoms with Crippen molar-refractivity contribution in [3.05, 3.63) is 0 Å². The first-order valence-corrected chi connectivity index (χ1v) is 19.4. The Morgan fingerprint density at radius 1 is 0.854 bits per heavy atom. The third kappa shape index (κ3) is 308. The number of carbonyl (C=O) groups excluding carboxylic acids is 2. The molecule has 10 N–H and O–H groups in total. The molecule has 1 aliphatic heterocycles. The van der Waals surface area contributed by atoms with Gasteiger partial charge in [0.1, 0.15) is 18.6 Å². The number of rotatable bonds is 8. The summed E-state index contributed by atoms with van der Waals surface area (Å²) in [4.78, 5) is 52.7. The minimum atomic E-state index is -0.968. The number of aliphatic carboxylic acids is 3. The first kappa shape index (κ1) is 65.2. The zero-order valence-electron chi connectivity index (χ0n) is 22.3. The van der Waals surface area contributed by atoms with Crippen molar-refractivity contribution in [2.75, 3.05) is 45.2 Å². The molecule has 0 aromatic heterocycles. The van der Waals surface area contributed by atoms with Gasteiger partial charge in [0.2, 0.25) is 0 Å². The maximum atomic E-state index is 9.64. The van der Waals surface area contributed by atoms with Gasteiger partial charge >= 0.3 is 11.9 Å². The predicted octanol–water partition coefficient (Wildman–Crippen LogP) is 3.49. The second-order valence-electron chi connectivity index (χ2n) is 4.06. The normalized spacial score (nSPS) is 8.85. The lowest BCUT2D eigenvalue weighted by atomic mass is 10.7. The first-order chi connectivity index (χ1) is 18.8. The van der Waals surface area contributed by atoms with Gasteiger partial charge in [0.15, 0.2) is 0 Å². The fraction of sp³-hybridized carbons (Fsp3) is 0.562. The third-order valence-electron chi connectivity index (χ3n) is 1.20. The van der Waals surface area contributed by atoms with Crippen molar-refractivity contribution in [3.63, 3.8) is 0 Å². The molecule has 41 heavy (non-hydrogen) atoms. The molecule has 0 aliphatic carbocycles. The van der Waals surface area contributed by atoms with Gasteiger partial charge in [0.25, 0.3) is 5.97 Å². The second-order valence-corrected chi connectivity index (χ2v) is 12.6. The number of carbonyl (C=O) groups is 5. The molecule has 0 bridgehead atoms. The molecule has 1 rings (SSSR count). The molecule has 0 spiro atoms. The van der Waals surface area contributed by atoms with E-state index >= 15 is 0 Å². The Balaban J connectivity index is -0.0000000408. The summed E-state index contributed by atoms with van der Waals surface area (Å²) in [5, 5.41) is 26.6. The van der Waals surface area contributed by atoms with E-state index in [0.29, 0.717) is 23.0 Å². The van der Waals surface area contributed by atoms with Crippen molar-refractivity contribution in [1.82, 2.24) is 6.15 Å². The maximum absolute atomic E-state index is 9.64. The van der Waals surface area contributed by atoms with E-state index in [-0.39, 0.29) is 19.2 Å². The van der Waals surface area contributed by atoms with Gasteiger partial charge in [-0.1, -0.05) is 58.5 Å². The molecular weight excluding hydrogens is 771 g/mol. The smallest absolute Gasteiger partial charge is 0.325 e. The largest absolute Gasteiger partial charge is 0.481 e. The number of thiol groups is 4. The summed E-state index contributed by atoms with van der Waals surface area (Å²) in [6, 6.07) is 1.33. The highest BCUT2D eigenvalue weighted by Gasteiger charge is 1.97. The summed E-state index contributed by atoms with van der Waals surface area (Å²) in [5.74, 6) is 1.91. The van der Waals surface area contributed by atoms with Gasteiger partial charge in [-0.2, -0.15) is 50.5 Å². The number of carboxylic acids is 3. The lowest BCUT2D eigenvalue weighted by molar-refractivity contribution is -0.136. The van der Waals surface area contributed by atoms with E-state index in [0.717, 1.165) is 23.0 Å². The van der Waals surface area contributed by atoms with Crippen LogP contribution in [0.1, 0.15) is 6.92 Å². The maximum Gasteiger partial charge on any atom is 0.325 e. The summed E-state index contributed by atoms with van der Waals surface area (Å²) in [7, 11) is 12.2. The van der Waals surface area contributed by atoms with E-state index in [1.54, 1.807) is 29.5 Å². The van der Waals surface area contributed by atoms with Crippen LogP contribution < -0.4 is 17.6 Å². The molecule has 4 atom stereocenters. The standard InChI is InChI=1S/C3H6NO2P.C3H8NPS2.C2H5NO2.C2H7NS2.C2H4O2.2CH3OP.CH2S2.CH4S2.H3N/c5-3(6)1-4-2-7;5-1-4-2-7-3-6;3-1-2(4)5;3-1-5-2-4;1-2(3)4;2*2-1-3;1-2-3-1;2-1-3;/h2H,1,7H2,(H,5,6);1,6H,2-3,5H2;1,3H2,(H,4,5);4H,1-3H2;1H3,(H,3,4);2*1H,3H2;1H2;2-3H,1H2;1H3. The summed E-state index contributed by atoms with van der Waals surface area (Å²) < 4.78 is 0. The summed E-state index contributed by atoms with van der Waals surface area (Å²) >= 11 is 18.5. The van der Waals surface area contributed by atoms with E-state index < -0.39 is 17.9 Å². The van der Waals surface area contributed by atoms with Crippen molar-refractivity contribution in [3.8, 4) is 0 Å². The SMILES string of the molecule is C1SS1.CC(=O)O.N.NCC(=O)O.NCSCS.O=C(O)CN=CP.O=CP.O=CP.PC=NCSCS.SCS. The lowest BCUT2D eigenvalue weighted by Gasteiger charge is -1.84. The average molecular weight is 816 g/mol. The zero-order chi connectivity index (χ0) is 33.5. The highest BCUT2D eigenvalue weighted by Crippen LogP contribution is 2.41. The summed E-state index contributed by atoms with van der Waals surface area (Å²) in [6.07, 6.45) is 0. The molecule has 1 heterocycles. The molecule has 1 saturated heterocycles. The molecule has 4 unspecified atom stereocenters. The van der Waals surface area contributed by atoms with Crippen molar-refractivity contribution in [2.45, 2.75) is 6.92 Å². The molecule has 13 nitrogen and oxygen atoms in total. The molecule has 0 aromatic rings. The quantitative estimate of drug-likeness (QED) is 0.0246. The van der Waals surface area contributed by atoms with Crippen molar-refractivity contribution in [1.29, 1.82) is 0 Å². The Hall–Kier alpha value is 1.49. The molecule has 1 fully saturated rings. The molecule has 0 saturated carbocycles. The van der Waals surface area contributed by atoms with Crippen LogP contribution in [0.2, 0.25) is 0 Å². The van der Waals surface area contributed by atoms with Crippen LogP contribution in [0.4, 0.5) is 0 Å².